The Bertz CT molecular complexity index is 309. The van der Waals surface area contributed by atoms with Gasteiger partial charge in [-0.05, 0) is 5.92 Å². The molecule has 0 aromatic carbocycles. The summed E-state index contributed by atoms with van der Waals surface area (Å²) in [5.74, 6) is 0.489. The molecule has 4 heteroatoms. The van der Waals surface area contributed by atoms with Gasteiger partial charge in [0, 0.05) is 18.8 Å². The van der Waals surface area contributed by atoms with Gasteiger partial charge in [-0.25, -0.2) is 9.97 Å². The summed E-state index contributed by atoms with van der Waals surface area (Å²) in [6.45, 7) is 3.95. The number of hydrogen-bond donors (Lipinski definition) is 1. The number of carbonyl (C=O) groups is 1. The molecule has 0 atom stereocenters. The second-order valence-corrected chi connectivity index (χ2v) is 3.31. The zero-order valence-corrected chi connectivity index (χ0v) is 7.82. The van der Waals surface area contributed by atoms with Gasteiger partial charge >= 0.3 is 0 Å². The number of carbonyl (C=O) groups excluding carboxylic acids is 1. The standard InChI is InChI=1S/C9H13N3O/c1-6(2)5-7(13)8-9(10)12-4-3-11-8/h3-4,6H,5H2,1-2H3,(H2,10,12). The van der Waals surface area contributed by atoms with Crippen LogP contribution in [0.2, 0.25) is 0 Å². The molecule has 70 valence electrons. The number of ketones is 1. The lowest BCUT2D eigenvalue weighted by Gasteiger charge is -2.04. The van der Waals surface area contributed by atoms with Crippen LogP contribution in [0.15, 0.2) is 12.4 Å². The van der Waals surface area contributed by atoms with Gasteiger partial charge in [-0.2, -0.15) is 0 Å². The van der Waals surface area contributed by atoms with E-state index in [0.717, 1.165) is 0 Å². The number of nitrogens with two attached hydrogens (primary N) is 1. The molecule has 0 saturated carbocycles. The van der Waals surface area contributed by atoms with Crippen molar-refractivity contribution in [2.24, 2.45) is 5.92 Å². The van der Waals surface area contributed by atoms with Gasteiger partial charge in [0.1, 0.15) is 5.69 Å². The third-order valence-corrected chi connectivity index (χ3v) is 1.58. The van der Waals surface area contributed by atoms with Crippen LogP contribution in [0.4, 0.5) is 5.82 Å². The van der Waals surface area contributed by atoms with E-state index in [2.05, 4.69) is 9.97 Å². The number of nitrogens with zero attached hydrogens (tertiary/aromatic N) is 2. The van der Waals surface area contributed by atoms with Crippen molar-refractivity contribution < 1.29 is 4.79 Å². The lowest BCUT2D eigenvalue weighted by Crippen LogP contribution is -2.10. The minimum absolute atomic E-state index is 0.0411. The van der Waals surface area contributed by atoms with Crippen molar-refractivity contribution in [3.8, 4) is 0 Å². The van der Waals surface area contributed by atoms with E-state index < -0.39 is 0 Å². The summed E-state index contributed by atoms with van der Waals surface area (Å²) < 4.78 is 0. The van der Waals surface area contributed by atoms with Crippen LogP contribution in [0.5, 0.6) is 0 Å². The van der Waals surface area contributed by atoms with Gasteiger partial charge in [-0.15, -0.1) is 0 Å². The predicted molar refractivity (Wildman–Crippen MR) is 50.2 cm³/mol. The molecular formula is C9H13N3O. The molecule has 0 spiro atoms. The second-order valence-electron chi connectivity index (χ2n) is 3.31. The Balaban J connectivity index is 2.83. The van der Waals surface area contributed by atoms with E-state index >= 15 is 0 Å². The van der Waals surface area contributed by atoms with Crippen LogP contribution >= 0.6 is 0 Å². The summed E-state index contributed by atoms with van der Waals surface area (Å²) in [4.78, 5) is 19.2. The molecule has 1 rings (SSSR count). The Kier molecular flexibility index (Phi) is 2.95. The Morgan fingerprint density at radius 3 is 2.62 bits per heavy atom. The molecular weight excluding hydrogens is 166 g/mol. The highest BCUT2D eigenvalue weighted by atomic mass is 16.1. The maximum atomic E-state index is 11.5. The third-order valence-electron chi connectivity index (χ3n) is 1.58. The van der Waals surface area contributed by atoms with Crippen molar-refractivity contribution in [1.29, 1.82) is 0 Å². The zero-order chi connectivity index (χ0) is 9.84. The molecule has 0 fully saturated rings. The highest BCUT2D eigenvalue weighted by Gasteiger charge is 2.12. The van der Waals surface area contributed by atoms with Gasteiger partial charge in [0.05, 0.1) is 0 Å². The maximum Gasteiger partial charge on any atom is 0.185 e. The van der Waals surface area contributed by atoms with Crippen LogP contribution in [-0.2, 0) is 0 Å². The molecule has 4 nitrogen and oxygen atoms in total. The van der Waals surface area contributed by atoms with E-state index in [9.17, 15) is 4.79 Å². The number of hydrogen-bond acceptors (Lipinski definition) is 4. The van der Waals surface area contributed by atoms with Gasteiger partial charge < -0.3 is 5.73 Å². The quantitative estimate of drug-likeness (QED) is 0.710. The van der Waals surface area contributed by atoms with E-state index in [1.807, 2.05) is 13.8 Å². The molecule has 1 heterocycles. The fraction of sp³-hybridized carbons (Fsp3) is 0.444. The minimum Gasteiger partial charge on any atom is -0.382 e. The van der Waals surface area contributed by atoms with Crippen LogP contribution in [0, 0.1) is 5.92 Å². The minimum atomic E-state index is -0.0411. The molecule has 2 N–H and O–H groups in total. The number of Topliss-reactive ketones (excluding diaryl/α,β-unsaturated/α-hetero) is 1. The summed E-state index contributed by atoms with van der Waals surface area (Å²) in [6, 6.07) is 0. The average Bonchev–Trinajstić information content (AvgIpc) is 2.03. The molecule has 1 aromatic heterocycles. The Morgan fingerprint density at radius 2 is 2.08 bits per heavy atom. The topological polar surface area (TPSA) is 68.9 Å². The third kappa shape index (κ3) is 2.50. The lowest BCUT2D eigenvalue weighted by atomic mass is 10.1. The van der Waals surface area contributed by atoms with Crippen molar-refractivity contribution in [2.75, 3.05) is 5.73 Å². The highest BCUT2D eigenvalue weighted by Crippen LogP contribution is 2.10. The summed E-state index contributed by atoms with van der Waals surface area (Å²) in [5, 5.41) is 0. The first-order valence-electron chi connectivity index (χ1n) is 4.21. The van der Waals surface area contributed by atoms with Gasteiger partial charge in [-0.1, -0.05) is 13.8 Å². The number of rotatable bonds is 3. The molecule has 0 aliphatic carbocycles. The molecule has 13 heavy (non-hydrogen) atoms. The highest BCUT2D eigenvalue weighted by molar-refractivity contribution is 5.97. The van der Waals surface area contributed by atoms with Crippen molar-refractivity contribution >= 4 is 11.6 Å². The Labute approximate surface area is 77.2 Å². The predicted octanol–water partition coefficient (Wildman–Crippen LogP) is 1.29. The fourth-order valence-electron chi connectivity index (χ4n) is 1.03. The first kappa shape index (κ1) is 9.64. The largest absolute Gasteiger partial charge is 0.382 e. The zero-order valence-electron chi connectivity index (χ0n) is 7.82. The van der Waals surface area contributed by atoms with Crippen LogP contribution < -0.4 is 5.73 Å². The summed E-state index contributed by atoms with van der Waals surface area (Å²) >= 11 is 0. The van der Waals surface area contributed by atoms with Crippen molar-refractivity contribution in [2.45, 2.75) is 20.3 Å². The maximum absolute atomic E-state index is 11.5. The Hall–Kier alpha value is -1.45. The van der Waals surface area contributed by atoms with E-state index in [0.29, 0.717) is 12.3 Å². The molecule has 0 saturated heterocycles. The van der Waals surface area contributed by atoms with E-state index in [4.69, 9.17) is 5.73 Å². The number of aromatic nitrogens is 2. The van der Waals surface area contributed by atoms with Gasteiger partial charge in [-0.3, -0.25) is 4.79 Å². The van der Waals surface area contributed by atoms with Crippen LogP contribution in [0.1, 0.15) is 30.8 Å². The first-order valence-corrected chi connectivity index (χ1v) is 4.21. The fourth-order valence-corrected chi connectivity index (χ4v) is 1.03. The van der Waals surface area contributed by atoms with Crippen LogP contribution in [0.25, 0.3) is 0 Å². The Morgan fingerprint density at radius 1 is 1.46 bits per heavy atom. The molecule has 0 unspecified atom stereocenters. The van der Waals surface area contributed by atoms with Gasteiger partial charge in [0.2, 0.25) is 0 Å². The first-order chi connectivity index (χ1) is 6.11. The lowest BCUT2D eigenvalue weighted by molar-refractivity contribution is 0.0963. The molecule has 1 aromatic rings. The van der Waals surface area contributed by atoms with Crippen molar-refractivity contribution in [1.82, 2.24) is 9.97 Å². The smallest absolute Gasteiger partial charge is 0.185 e. The normalized spacial score (nSPS) is 10.4. The molecule has 0 bridgehead atoms. The summed E-state index contributed by atoms with van der Waals surface area (Å²) in [7, 11) is 0. The summed E-state index contributed by atoms with van der Waals surface area (Å²) in [6.07, 6.45) is 3.41. The van der Waals surface area contributed by atoms with Gasteiger partial charge in [0.25, 0.3) is 0 Å². The van der Waals surface area contributed by atoms with E-state index in [1.54, 1.807) is 0 Å². The van der Waals surface area contributed by atoms with Crippen LogP contribution in [0.3, 0.4) is 0 Å². The van der Waals surface area contributed by atoms with Gasteiger partial charge in [0.15, 0.2) is 11.6 Å². The monoisotopic (exact) mass is 179 g/mol. The van der Waals surface area contributed by atoms with Crippen LogP contribution in [-0.4, -0.2) is 15.8 Å². The second kappa shape index (κ2) is 3.98. The molecule has 0 radical (unpaired) electrons. The average molecular weight is 179 g/mol. The molecule has 0 amide bonds. The number of anilines is 1. The number of nitrogen functional groups attached to an aromatic ring is 1. The SMILES string of the molecule is CC(C)CC(=O)c1nccnc1N. The molecule has 0 aliphatic heterocycles. The summed E-state index contributed by atoms with van der Waals surface area (Å²) in [5.41, 5.74) is 5.79. The van der Waals surface area contributed by atoms with Crippen molar-refractivity contribution in [3.63, 3.8) is 0 Å². The van der Waals surface area contributed by atoms with E-state index in [1.165, 1.54) is 12.4 Å². The van der Waals surface area contributed by atoms with E-state index in [-0.39, 0.29) is 17.3 Å². The van der Waals surface area contributed by atoms with Crippen molar-refractivity contribution in [3.05, 3.63) is 18.1 Å². The molecule has 0 aliphatic rings.